The second-order valence-corrected chi connectivity index (χ2v) is 11.6. The molecule has 4 aromatic rings. The summed E-state index contributed by atoms with van der Waals surface area (Å²) in [4.78, 5) is 46.1. The van der Waals surface area contributed by atoms with Crippen LogP contribution in [0.2, 0.25) is 0 Å². The van der Waals surface area contributed by atoms with Crippen LogP contribution >= 0.6 is 11.3 Å². The number of halogens is 2. The molecule has 0 saturated carbocycles. The second-order valence-electron chi connectivity index (χ2n) is 10.7. The van der Waals surface area contributed by atoms with Gasteiger partial charge in [-0.1, -0.05) is 30.3 Å². The number of pyridine rings is 1. The molecule has 0 radical (unpaired) electrons. The van der Waals surface area contributed by atoms with E-state index in [4.69, 9.17) is 14.2 Å². The Bertz CT molecular complexity index is 1990. The summed E-state index contributed by atoms with van der Waals surface area (Å²) in [7, 11) is 0. The fraction of sp³-hybridized carbons (Fsp3) is 0.226. The minimum absolute atomic E-state index is 0.0141. The second kappa shape index (κ2) is 9.82. The van der Waals surface area contributed by atoms with Crippen molar-refractivity contribution in [3.05, 3.63) is 104 Å². The molecule has 2 aromatic heterocycles. The molecule has 13 heteroatoms. The Labute approximate surface area is 252 Å². The molecule has 3 atom stereocenters. The van der Waals surface area contributed by atoms with Crippen molar-refractivity contribution in [3.63, 3.8) is 0 Å². The fourth-order valence-corrected chi connectivity index (χ4v) is 7.20. The summed E-state index contributed by atoms with van der Waals surface area (Å²) in [6, 6.07) is 10.6. The molecule has 1 fully saturated rings. The summed E-state index contributed by atoms with van der Waals surface area (Å²) in [5.41, 5.74) is 3.48. The summed E-state index contributed by atoms with van der Waals surface area (Å²) in [6.45, 7) is 2.12. The zero-order chi connectivity index (χ0) is 30.3. The number of carbonyl (C=O) groups excluding carboxylic acids is 2. The van der Waals surface area contributed by atoms with Crippen LogP contribution in [0.4, 0.5) is 8.78 Å². The molecule has 222 valence electrons. The Morgan fingerprint density at radius 1 is 1.07 bits per heavy atom. The van der Waals surface area contributed by atoms with Crippen LogP contribution in [0.1, 0.15) is 34.6 Å². The average molecular weight is 617 g/mol. The Morgan fingerprint density at radius 2 is 1.91 bits per heavy atom. The van der Waals surface area contributed by atoms with Gasteiger partial charge in [0.2, 0.25) is 11.2 Å². The van der Waals surface area contributed by atoms with Gasteiger partial charge in [-0.25, -0.2) is 18.6 Å². The number of hydrogen-bond acceptors (Lipinski definition) is 9. The predicted molar refractivity (Wildman–Crippen MR) is 154 cm³/mol. The van der Waals surface area contributed by atoms with E-state index in [1.165, 1.54) is 40.4 Å². The number of amides is 1. The van der Waals surface area contributed by atoms with Gasteiger partial charge in [-0.15, -0.1) is 11.3 Å². The van der Waals surface area contributed by atoms with Crippen molar-refractivity contribution in [2.45, 2.75) is 25.4 Å². The van der Waals surface area contributed by atoms with E-state index in [9.17, 15) is 18.8 Å². The number of fused-ring (bicyclic) bond motifs is 7. The average Bonchev–Trinajstić information content (AvgIpc) is 3.60. The Kier molecular flexibility index (Phi) is 5.97. The molecule has 5 heterocycles. The lowest BCUT2D eigenvalue weighted by Gasteiger charge is -2.51. The molecule has 8 rings (SSSR count). The summed E-state index contributed by atoms with van der Waals surface area (Å²) in [6.07, 6.45) is 0.977. The molecule has 1 amide bonds. The largest absolute Gasteiger partial charge is 0.444 e. The number of thiazole rings is 1. The van der Waals surface area contributed by atoms with Crippen molar-refractivity contribution in [2.24, 2.45) is 0 Å². The number of morpholine rings is 1. The van der Waals surface area contributed by atoms with E-state index in [0.29, 0.717) is 21.7 Å². The minimum Gasteiger partial charge on any atom is -0.444 e. The van der Waals surface area contributed by atoms with Crippen LogP contribution in [-0.4, -0.2) is 58.7 Å². The van der Waals surface area contributed by atoms with E-state index in [2.05, 4.69) is 4.98 Å². The predicted octanol–water partition coefficient (Wildman–Crippen LogP) is 3.98. The molecule has 1 unspecified atom stereocenters. The van der Waals surface area contributed by atoms with Gasteiger partial charge in [0, 0.05) is 36.0 Å². The summed E-state index contributed by atoms with van der Waals surface area (Å²) >= 11 is 1.32. The lowest BCUT2D eigenvalue weighted by atomic mass is 9.92. The third kappa shape index (κ3) is 3.78. The number of carbonyl (C=O) groups is 2. The molecule has 4 aliphatic rings. The number of benzene rings is 2. The number of rotatable bonds is 3. The zero-order valence-corrected chi connectivity index (χ0v) is 23.8. The van der Waals surface area contributed by atoms with Crippen LogP contribution in [-0.2, 0) is 14.3 Å². The lowest BCUT2D eigenvalue weighted by molar-refractivity contribution is -0.148. The van der Waals surface area contributed by atoms with Crippen molar-refractivity contribution in [1.29, 1.82) is 0 Å². The SMILES string of the molecule is CC1=CC(Oc2c3n(ccc2=O)N([C@@H]2c4ccccc4-c4scnc4-c4c2ccc(F)c4F)[C@@H]2COCCN2C3=O)OC1=O. The van der Waals surface area contributed by atoms with Crippen molar-refractivity contribution in [1.82, 2.24) is 14.6 Å². The number of esters is 1. The van der Waals surface area contributed by atoms with Crippen LogP contribution in [0, 0.1) is 11.6 Å². The third-order valence-electron chi connectivity index (χ3n) is 8.31. The Hall–Kier alpha value is -4.88. The van der Waals surface area contributed by atoms with Crippen molar-refractivity contribution in [2.75, 3.05) is 24.8 Å². The standard InChI is InChI=1S/C31H22F2N4O6S/c1-15-12-22(43-31(15)40)42-28-20(38)8-9-36-27(28)30(39)35-10-11-41-13-21(35)37(36)26-16-4-2-3-5-17(16)29-25(34-14-44-29)23-18(26)6-7-19(32)24(23)33/h2-9,12,14,21-22,26H,10-11,13H2,1H3/t21-,22?,26-/m1/s1. The highest BCUT2D eigenvalue weighted by atomic mass is 32.1. The van der Waals surface area contributed by atoms with E-state index in [1.807, 2.05) is 29.3 Å². The lowest BCUT2D eigenvalue weighted by Crippen LogP contribution is -2.66. The zero-order valence-electron chi connectivity index (χ0n) is 23.0. The third-order valence-corrected chi connectivity index (χ3v) is 9.17. The van der Waals surface area contributed by atoms with E-state index < -0.39 is 47.4 Å². The fourth-order valence-electron chi connectivity index (χ4n) is 6.36. The van der Waals surface area contributed by atoms with E-state index in [-0.39, 0.29) is 36.8 Å². The molecule has 0 bridgehead atoms. The molecule has 1 saturated heterocycles. The van der Waals surface area contributed by atoms with Gasteiger partial charge >= 0.3 is 5.97 Å². The maximum atomic E-state index is 15.8. The van der Waals surface area contributed by atoms with Gasteiger partial charge < -0.3 is 19.1 Å². The highest BCUT2D eigenvalue weighted by molar-refractivity contribution is 7.13. The molecule has 0 spiro atoms. The first-order chi connectivity index (χ1) is 21.3. The van der Waals surface area contributed by atoms with Gasteiger partial charge in [-0.2, -0.15) is 0 Å². The number of hydrogen-bond donors (Lipinski definition) is 0. The summed E-state index contributed by atoms with van der Waals surface area (Å²) < 4.78 is 49.2. The molecule has 2 aromatic carbocycles. The smallest absolute Gasteiger partial charge is 0.336 e. The number of ether oxygens (including phenoxy) is 3. The Morgan fingerprint density at radius 3 is 2.73 bits per heavy atom. The van der Waals surface area contributed by atoms with Crippen LogP contribution in [0.25, 0.3) is 21.7 Å². The normalized spacial score (nSPS) is 21.8. The maximum absolute atomic E-state index is 15.8. The number of nitrogens with zero attached hydrogens (tertiary/aromatic N) is 4. The van der Waals surface area contributed by atoms with Crippen LogP contribution in [0.3, 0.4) is 0 Å². The quantitative estimate of drug-likeness (QED) is 0.319. The van der Waals surface area contributed by atoms with E-state index in [0.717, 1.165) is 17.2 Å². The first-order valence-corrected chi connectivity index (χ1v) is 14.7. The summed E-state index contributed by atoms with van der Waals surface area (Å²) in [5.74, 6) is -3.43. The van der Waals surface area contributed by atoms with Gasteiger partial charge in [-0.3, -0.25) is 19.3 Å². The van der Waals surface area contributed by atoms with Gasteiger partial charge in [0.1, 0.15) is 6.17 Å². The maximum Gasteiger partial charge on any atom is 0.336 e. The van der Waals surface area contributed by atoms with Crippen LogP contribution in [0.5, 0.6) is 5.75 Å². The first kappa shape index (κ1) is 26.7. The monoisotopic (exact) mass is 616 g/mol. The molecular weight excluding hydrogens is 594 g/mol. The van der Waals surface area contributed by atoms with Crippen molar-refractivity contribution in [3.8, 4) is 27.4 Å². The molecule has 1 aliphatic carbocycles. The molecule has 3 aliphatic heterocycles. The first-order valence-electron chi connectivity index (χ1n) is 13.8. The number of cyclic esters (lactones) is 1. The van der Waals surface area contributed by atoms with Crippen LogP contribution in [0.15, 0.2) is 70.6 Å². The summed E-state index contributed by atoms with van der Waals surface area (Å²) in [5, 5.41) is 1.83. The minimum atomic E-state index is -1.20. The molecular formula is C31H22F2N4O6S. The number of aromatic nitrogens is 2. The van der Waals surface area contributed by atoms with Crippen molar-refractivity contribution < 1.29 is 32.6 Å². The van der Waals surface area contributed by atoms with Gasteiger partial charge in [0.05, 0.1) is 35.3 Å². The highest BCUT2D eigenvalue weighted by Gasteiger charge is 2.47. The molecule has 44 heavy (non-hydrogen) atoms. The topological polar surface area (TPSA) is 103 Å². The van der Waals surface area contributed by atoms with E-state index >= 15 is 4.39 Å². The van der Waals surface area contributed by atoms with Gasteiger partial charge in [0.15, 0.2) is 17.3 Å². The highest BCUT2D eigenvalue weighted by Crippen LogP contribution is 2.50. The van der Waals surface area contributed by atoms with Gasteiger partial charge in [-0.05, 0) is 29.7 Å². The van der Waals surface area contributed by atoms with Crippen molar-refractivity contribution >= 4 is 23.2 Å². The van der Waals surface area contributed by atoms with E-state index in [1.54, 1.807) is 17.3 Å². The Balaban J connectivity index is 1.40. The van der Waals surface area contributed by atoms with Gasteiger partial charge in [0.25, 0.3) is 12.2 Å². The van der Waals surface area contributed by atoms with Crippen LogP contribution < -0.4 is 15.2 Å². The molecule has 0 N–H and O–H groups in total. The molecule has 10 nitrogen and oxygen atoms in total.